The average Bonchev–Trinajstić information content (AvgIpc) is 2.47. The molecule has 6 heteroatoms. The summed E-state index contributed by atoms with van der Waals surface area (Å²) >= 11 is 0. The fourth-order valence-corrected chi connectivity index (χ4v) is 1.86. The van der Waals surface area contributed by atoms with Crippen molar-refractivity contribution < 1.29 is 18.8 Å². The summed E-state index contributed by atoms with van der Waals surface area (Å²) in [6, 6.07) is 5.38. The molecule has 1 aromatic rings. The quantitative estimate of drug-likeness (QED) is 0.540. The Labute approximate surface area is 129 Å². The largest absolute Gasteiger partial charge is 0.356 e. The molecule has 0 radical (unpaired) electrons. The van der Waals surface area contributed by atoms with Crippen LogP contribution < -0.4 is 10.6 Å². The van der Waals surface area contributed by atoms with Crippen molar-refractivity contribution in [1.82, 2.24) is 10.6 Å². The number of hydrogen-bond donors (Lipinski definition) is 2. The lowest BCUT2D eigenvalue weighted by Crippen LogP contribution is -2.28. The number of ketones is 1. The topological polar surface area (TPSA) is 75.3 Å². The van der Waals surface area contributed by atoms with Crippen molar-refractivity contribution in [2.24, 2.45) is 0 Å². The second-order valence-electron chi connectivity index (χ2n) is 4.97. The van der Waals surface area contributed by atoms with Crippen LogP contribution in [0.25, 0.3) is 0 Å². The summed E-state index contributed by atoms with van der Waals surface area (Å²) in [4.78, 5) is 34.0. The number of carbonyl (C=O) groups excluding carboxylic acids is 3. The molecule has 0 spiro atoms. The van der Waals surface area contributed by atoms with E-state index in [1.165, 1.54) is 31.2 Å². The number of halogens is 1. The average molecular weight is 308 g/mol. The summed E-state index contributed by atoms with van der Waals surface area (Å²) in [6.45, 7) is 2.46. The molecular weight excluding hydrogens is 287 g/mol. The molecule has 0 aromatic heterocycles. The van der Waals surface area contributed by atoms with E-state index in [4.69, 9.17) is 0 Å². The Bertz CT molecular complexity index is 515. The lowest BCUT2D eigenvalue weighted by molar-refractivity contribution is -0.121. The minimum Gasteiger partial charge on any atom is -0.356 e. The summed E-state index contributed by atoms with van der Waals surface area (Å²) in [5.74, 6) is -0.686. The second kappa shape index (κ2) is 9.65. The van der Waals surface area contributed by atoms with Gasteiger partial charge in [-0.2, -0.15) is 0 Å². The van der Waals surface area contributed by atoms with Crippen LogP contribution in [0, 0.1) is 5.82 Å². The fourth-order valence-electron chi connectivity index (χ4n) is 1.86. The number of nitrogens with one attached hydrogen (secondary N) is 2. The van der Waals surface area contributed by atoms with Crippen LogP contribution in [0.15, 0.2) is 24.3 Å². The van der Waals surface area contributed by atoms with Gasteiger partial charge in [0.25, 0.3) is 0 Å². The molecule has 5 nitrogen and oxygen atoms in total. The first kappa shape index (κ1) is 17.8. The molecule has 1 aromatic carbocycles. The number of Topliss-reactive ketones (excluding diaryl/α,β-unsaturated/α-hetero) is 1. The number of rotatable bonds is 9. The summed E-state index contributed by atoms with van der Waals surface area (Å²) < 4.78 is 12.7. The van der Waals surface area contributed by atoms with Crippen LogP contribution in [0.5, 0.6) is 0 Å². The maximum absolute atomic E-state index is 12.7. The van der Waals surface area contributed by atoms with Gasteiger partial charge in [-0.3, -0.25) is 14.4 Å². The van der Waals surface area contributed by atoms with Crippen LogP contribution in [-0.4, -0.2) is 30.7 Å². The van der Waals surface area contributed by atoms with Crippen molar-refractivity contribution in [3.63, 3.8) is 0 Å². The molecule has 0 aliphatic rings. The Balaban J connectivity index is 2.13. The third-order valence-corrected chi connectivity index (χ3v) is 3.02. The van der Waals surface area contributed by atoms with Crippen LogP contribution in [0.1, 0.15) is 43.0 Å². The molecule has 1 rings (SSSR count). The molecule has 120 valence electrons. The highest BCUT2D eigenvalue weighted by atomic mass is 19.1. The smallest absolute Gasteiger partial charge is 0.220 e. The Morgan fingerprint density at radius 3 is 2.23 bits per heavy atom. The first-order valence-corrected chi connectivity index (χ1v) is 7.29. The molecule has 2 amide bonds. The molecule has 0 aliphatic heterocycles. The van der Waals surface area contributed by atoms with Crippen molar-refractivity contribution in [1.29, 1.82) is 0 Å². The van der Waals surface area contributed by atoms with Crippen LogP contribution in [-0.2, 0) is 9.59 Å². The van der Waals surface area contributed by atoms with E-state index in [2.05, 4.69) is 10.6 Å². The molecule has 0 bridgehead atoms. The van der Waals surface area contributed by atoms with Gasteiger partial charge >= 0.3 is 0 Å². The molecule has 0 saturated carbocycles. The van der Waals surface area contributed by atoms with Crippen molar-refractivity contribution >= 4 is 17.6 Å². The van der Waals surface area contributed by atoms with Gasteiger partial charge in [-0.15, -0.1) is 0 Å². The zero-order valence-electron chi connectivity index (χ0n) is 12.7. The van der Waals surface area contributed by atoms with E-state index >= 15 is 0 Å². The van der Waals surface area contributed by atoms with E-state index in [-0.39, 0.29) is 36.3 Å². The van der Waals surface area contributed by atoms with Gasteiger partial charge in [-0.1, -0.05) is 0 Å². The third-order valence-electron chi connectivity index (χ3n) is 3.02. The lowest BCUT2D eigenvalue weighted by atomic mass is 10.1. The second-order valence-corrected chi connectivity index (χ2v) is 4.97. The van der Waals surface area contributed by atoms with Gasteiger partial charge in [-0.25, -0.2) is 4.39 Å². The van der Waals surface area contributed by atoms with Crippen molar-refractivity contribution in [2.75, 3.05) is 13.1 Å². The molecule has 0 atom stereocenters. The van der Waals surface area contributed by atoms with Gasteiger partial charge in [-0.05, 0) is 37.1 Å². The van der Waals surface area contributed by atoms with Crippen LogP contribution >= 0.6 is 0 Å². The van der Waals surface area contributed by atoms with E-state index in [9.17, 15) is 18.8 Å². The van der Waals surface area contributed by atoms with E-state index in [1.807, 2.05) is 0 Å². The van der Waals surface area contributed by atoms with Crippen molar-refractivity contribution in [3.8, 4) is 0 Å². The summed E-state index contributed by atoms with van der Waals surface area (Å²) in [5, 5.41) is 5.36. The molecular formula is C16H21FN2O3. The van der Waals surface area contributed by atoms with Gasteiger partial charge in [0.1, 0.15) is 5.82 Å². The van der Waals surface area contributed by atoms with Gasteiger partial charge in [0.2, 0.25) is 11.8 Å². The van der Waals surface area contributed by atoms with Crippen LogP contribution in [0.2, 0.25) is 0 Å². The van der Waals surface area contributed by atoms with Crippen molar-refractivity contribution in [2.45, 2.75) is 32.6 Å². The van der Waals surface area contributed by atoms with E-state index < -0.39 is 0 Å². The summed E-state index contributed by atoms with van der Waals surface area (Å²) in [6.07, 6.45) is 1.64. The van der Waals surface area contributed by atoms with Gasteiger partial charge in [0, 0.05) is 38.4 Å². The first-order valence-electron chi connectivity index (χ1n) is 7.29. The monoisotopic (exact) mass is 308 g/mol. The van der Waals surface area contributed by atoms with Crippen molar-refractivity contribution in [3.05, 3.63) is 35.6 Å². The highest BCUT2D eigenvalue weighted by molar-refractivity contribution is 5.96. The Hall–Kier alpha value is -2.24. The highest BCUT2D eigenvalue weighted by Gasteiger charge is 2.07. The standard InChI is InChI=1S/C16H21FN2O3/c1-12(20)18-10-3-11-19-16(22)5-2-4-15(21)13-6-8-14(17)9-7-13/h6-9H,2-5,10-11H2,1H3,(H,18,20)(H,19,22). The van der Waals surface area contributed by atoms with Crippen LogP contribution in [0.3, 0.4) is 0 Å². The van der Waals surface area contributed by atoms with E-state index in [0.717, 1.165) is 0 Å². The molecule has 2 N–H and O–H groups in total. The fraction of sp³-hybridized carbons (Fsp3) is 0.438. The third kappa shape index (κ3) is 7.52. The SMILES string of the molecule is CC(=O)NCCCNC(=O)CCCC(=O)c1ccc(F)cc1. The summed E-state index contributed by atoms with van der Waals surface area (Å²) in [5.41, 5.74) is 0.456. The number of benzene rings is 1. The number of amides is 2. The van der Waals surface area contributed by atoms with Crippen LogP contribution in [0.4, 0.5) is 4.39 Å². The van der Waals surface area contributed by atoms with E-state index in [0.29, 0.717) is 31.5 Å². The first-order chi connectivity index (χ1) is 10.5. The zero-order valence-corrected chi connectivity index (χ0v) is 12.7. The lowest BCUT2D eigenvalue weighted by Gasteiger charge is -2.05. The maximum Gasteiger partial charge on any atom is 0.220 e. The predicted octanol–water partition coefficient (Wildman–Crippen LogP) is 1.82. The Morgan fingerprint density at radius 1 is 0.955 bits per heavy atom. The molecule has 0 heterocycles. The zero-order chi connectivity index (χ0) is 16.4. The molecule has 0 fully saturated rings. The summed E-state index contributed by atoms with van der Waals surface area (Å²) in [7, 11) is 0. The van der Waals surface area contributed by atoms with Gasteiger partial charge in [0.05, 0.1) is 0 Å². The Kier molecular flexibility index (Phi) is 7.81. The van der Waals surface area contributed by atoms with Gasteiger partial charge in [0.15, 0.2) is 5.78 Å². The molecule has 0 aliphatic carbocycles. The van der Waals surface area contributed by atoms with Gasteiger partial charge < -0.3 is 10.6 Å². The molecule has 0 unspecified atom stereocenters. The number of carbonyl (C=O) groups is 3. The highest BCUT2D eigenvalue weighted by Crippen LogP contribution is 2.08. The Morgan fingerprint density at radius 2 is 1.59 bits per heavy atom. The minimum absolute atomic E-state index is 0.0920. The minimum atomic E-state index is -0.379. The molecule has 0 saturated heterocycles. The normalized spacial score (nSPS) is 10.1. The maximum atomic E-state index is 12.7. The number of hydrogen-bond acceptors (Lipinski definition) is 3. The molecule has 22 heavy (non-hydrogen) atoms. The predicted molar refractivity (Wildman–Crippen MR) is 80.9 cm³/mol. The van der Waals surface area contributed by atoms with E-state index in [1.54, 1.807) is 0 Å².